The second-order valence-electron chi connectivity index (χ2n) is 5.28. The Kier molecular flexibility index (Phi) is 4.97. The van der Waals surface area contributed by atoms with Crippen molar-refractivity contribution in [3.63, 3.8) is 0 Å². The molecule has 0 saturated heterocycles. The van der Waals surface area contributed by atoms with Gasteiger partial charge in [-0.05, 0) is 53.1 Å². The van der Waals surface area contributed by atoms with Gasteiger partial charge in [0.1, 0.15) is 0 Å². The number of carbonyl (C=O) groups is 1. The molecule has 1 heterocycles. The lowest BCUT2D eigenvalue weighted by Gasteiger charge is -2.12. The van der Waals surface area contributed by atoms with Gasteiger partial charge in [-0.15, -0.1) is 0 Å². The summed E-state index contributed by atoms with van der Waals surface area (Å²) in [5.41, 5.74) is 10.5. The third kappa shape index (κ3) is 3.35. The Bertz CT molecular complexity index is 897. The molecule has 0 unspecified atom stereocenters. The summed E-state index contributed by atoms with van der Waals surface area (Å²) in [5.74, 6) is -0.448. The van der Waals surface area contributed by atoms with Gasteiger partial charge < -0.3 is 5.73 Å². The molecule has 24 heavy (non-hydrogen) atoms. The summed E-state index contributed by atoms with van der Waals surface area (Å²) < 4.78 is 0. The van der Waals surface area contributed by atoms with Gasteiger partial charge in [0, 0.05) is 27.7 Å². The number of pyridine rings is 1. The first kappa shape index (κ1) is 16.7. The zero-order valence-corrected chi connectivity index (χ0v) is 15.0. The third-order valence-corrected chi connectivity index (χ3v) is 4.69. The van der Waals surface area contributed by atoms with Crippen molar-refractivity contribution in [2.75, 3.05) is 0 Å². The van der Waals surface area contributed by atoms with Crippen molar-refractivity contribution in [1.82, 2.24) is 4.98 Å². The van der Waals surface area contributed by atoms with Gasteiger partial charge in [-0.25, -0.2) is 0 Å². The van der Waals surface area contributed by atoms with Crippen LogP contribution in [0.25, 0.3) is 22.4 Å². The first-order valence-electron chi connectivity index (χ1n) is 7.30. The molecule has 1 amide bonds. The predicted molar refractivity (Wildman–Crippen MR) is 101 cm³/mol. The van der Waals surface area contributed by atoms with Crippen molar-refractivity contribution in [2.24, 2.45) is 5.73 Å². The second-order valence-corrected chi connectivity index (χ2v) is 6.25. The van der Waals surface area contributed by atoms with E-state index in [-0.39, 0.29) is 0 Å². The number of rotatable bonds is 4. The summed E-state index contributed by atoms with van der Waals surface area (Å²) >= 11 is 9.84. The normalized spacial score (nSPS) is 10.6. The van der Waals surface area contributed by atoms with Crippen LogP contribution in [0.5, 0.6) is 0 Å². The zero-order valence-electron chi connectivity index (χ0n) is 12.7. The molecule has 5 heteroatoms. The molecular weight excluding hydrogens is 388 g/mol. The fourth-order valence-corrected chi connectivity index (χ4v) is 3.23. The van der Waals surface area contributed by atoms with Crippen molar-refractivity contribution in [1.29, 1.82) is 0 Å². The highest BCUT2D eigenvalue weighted by molar-refractivity contribution is 9.08. The Morgan fingerprint density at radius 3 is 2.58 bits per heavy atom. The van der Waals surface area contributed by atoms with E-state index in [1.807, 2.05) is 48.5 Å². The Morgan fingerprint density at radius 1 is 1.08 bits per heavy atom. The number of aromatic nitrogens is 1. The molecule has 0 atom stereocenters. The molecule has 2 aromatic carbocycles. The molecule has 0 fully saturated rings. The van der Waals surface area contributed by atoms with Crippen LogP contribution in [-0.4, -0.2) is 10.9 Å². The molecular formula is C19H14BrClN2O. The number of primary amides is 1. The summed E-state index contributed by atoms with van der Waals surface area (Å²) in [6.45, 7) is 0. The average Bonchev–Trinajstić information content (AvgIpc) is 2.62. The van der Waals surface area contributed by atoms with Gasteiger partial charge in [0.15, 0.2) is 0 Å². The standard InChI is InChI=1S/C19H14BrClN2O/c20-11-14-5-4-13(19(22)24)10-15(14)12-6-7-17(21)16(9-12)18-3-1-2-8-23-18/h1-10H,11H2,(H2,22,24). The fraction of sp³-hybridized carbons (Fsp3) is 0.0526. The van der Waals surface area contributed by atoms with E-state index < -0.39 is 5.91 Å². The predicted octanol–water partition coefficient (Wildman–Crippen LogP) is 5.06. The van der Waals surface area contributed by atoms with E-state index in [1.54, 1.807) is 12.3 Å². The van der Waals surface area contributed by atoms with E-state index in [2.05, 4.69) is 20.9 Å². The smallest absolute Gasteiger partial charge is 0.248 e. The Labute approximate surface area is 153 Å². The number of nitrogens with zero attached hydrogens (tertiary/aromatic N) is 1. The summed E-state index contributed by atoms with van der Waals surface area (Å²) in [5, 5.41) is 1.30. The van der Waals surface area contributed by atoms with Gasteiger partial charge in [0.25, 0.3) is 0 Å². The summed E-state index contributed by atoms with van der Waals surface area (Å²) in [6.07, 6.45) is 1.73. The highest BCUT2D eigenvalue weighted by Crippen LogP contribution is 2.34. The molecule has 0 saturated carbocycles. The summed E-state index contributed by atoms with van der Waals surface area (Å²) in [7, 11) is 0. The number of alkyl halides is 1. The lowest BCUT2D eigenvalue weighted by atomic mass is 9.96. The molecule has 0 aliphatic rings. The minimum Gasteiger partial charge on any atom is -0.366 e. The number of amides is 1. The highest BCUT2D eigenvalue weighted by Gasteiger charge is 2.12. The van der Waals surface area contributed by atoms with Gasteiger partial charge in [-0.1, -0.05) is 45.7 Å². The largest absolute Gasteiger partial charge is 0.366 e. The van der Waals surface area contributed by atoms with Crippen LogP contribution in [0.4, 0.5) is 0 Å². The molecule has 0 bridgehead atoms. The lowest BCUT2D eigenvalue weighted by Crippen LogP contribution is -2.11. The van der Waals surface area contributed by atoms with E-state index in [1.165, 1.54) is 0 Å². The van der Waals surface area contributed by atoms with Gasteiger partial charge in [-0.3, -0.25) is 9.78 Å². The molecule has 0 aliphatic carbocycles. The van der Waals surface area contributed by atoms with Crippen molar-refractivity contribution in [3.8, 4) is 22.4 Å². The van der Waals surface area contributed by atoms with Crippen molar-refractivity contribution in [3.05, 3.63) is 76.9 Å². The van der Waals surface area contributed by atoms with Crippen LogP contribution in [0.3, 0.4) is 0 Å². The maximum atomic E-state index is 11.5. The van der Waals surface area contributed by atoms with E-state index in [0.717, 1.165) is 27.9 Å². The van der Waals surface area contributed by atoms with E-state index in [4.69, 9.17) is 17.3 Å². The molecule has 3 aromatic rings. The Hall–Kier alpha value is -2.17. The number of hydrogen-bond acceptors (Lipinski definition) is 2. The maximum Gasteiger partial charge on any atom is 0.248 e. The molecule has 0 spiro atoms. The number of nitrogens with two attached hydrogens (primary N) is 1. The number of carbonyl (C=O) groups excluding carboxylic acids is 1. The molecule has 3 rings (SSSR count). The van der Waals surface area contributed by atoms with Crippen molar-refractivity contribution in [2.45, 2.75) is 5.33 Å². The van der Waals surface area contributed by atoms with Crippen LogP contribution in [0.2, 0.25) is 5.02 Å². The van der Waals surface area contributed by atoms with Crippen molar-refractivity contribution < 1.29 is 4.79 Å². The third-order valence-electron chi connectivity index (χ3n) is 3.76. The topological polar surface area (TPSA) is 56.0 Å². The summed E-state index contributed by atoms with van der Waals surface area (Å²) in [4.78, 5) is 15.9. The van der Waals surface area contributed by atoms with E-state index in [9.17, 15) is 4.79 Å². The molecule has 0 radical (unpaired) electrons. The van der Waals surface area contributed by atoms with Crippen LogP contribution in [-0.2, 0) is 5.33 Å². The van der Waals surface area contributed by atoms with E-state index >= 15 is 0 Å². The van der Waals surface area contributed by atoms with Gasteiger partial charge in [-0.2, -0.15) is 0 Å². The monoisotopic (exact) mass is 400 g/mol. The lowest BCUT2D eigenvalue weighted by molar-refractivity contribution is 0.100. The second kappa shape index (κ2) is 7.16. The zero-order chi connectivity index (χ0) is 17.1. The summed E-state index contributed by atoms with van der Waals surface area (Å²) in [6, 6.07) is 16.9. The highest BCUT2D eigenvalue weighted by atomic mass is 79.9. The van der Waals surface area contributed by atoms with Gasteiger partial charge in [0.2, 0.25) is 5.91 Å². The van der Waals surface area contributed by atoms with Crippen LogP contribution < -0.4 is 5.73 Å². The Balaban J connectivity index is 2.17. The molecule has 2 N–H and O–H groups in total. The van der Waals surface area contributed by atoms with Gasteiger partial charge >= 0.3 is 0 Å². The first-order chi connectivity index (χ1) is 11.6. The molecule has 120 valence electrons. The quantitative estimate of drug-likeness (QED) is 0.621. The maximum absolute atomic E-state index is 11.5. The Morgan fingerprint density at radius 2 is 1.92 bits per heavy atom. The molecule has 1 aromatic heterocycles. The van der Waals surface area contributed by atoms with Crippen LogP contribution >= 0.6 is 27.5 Å². The van der Waals surface area contributed by atoms with Crippen molar-refractivity contribution >= 4 is 33.4 Å². The van der Waals surface area contributed by atoms with Crippen LogP contribution in [0.15, 0.2) is 60.8 Å². The van der Waals surface area contributed by atoms with E-state index in [0.29, 0.717) is 15.9 Å². The SMILES string of the molecule is NC(=O)c1ccc(CBr)c(-c2ccc(Cl)c(-c3ccccn3)c2)c1. The fourth-order valence-electron chi connectivity index (χ4n) is 2.53. The minimum atomic E-state index is -0.448. The van der Waals surface area contributed by atoms with Crippen LogP contribution in [0.1, 0.15) is 15.9 Å². The number of benzene rings is 2. The number of halogens is 2. The first-order valence-corrected chi connectivity index (χ1v) is 8.80. The number of hydrogen-bond donors (Lipinski definition) is 1. The molecule has 0 aliphatic heterocycles. The molecule has 3 nitrogen and oxygen atoms in total. The van der Waals surface area contributed by atoms with Crippen LogP contribution in [0, 0.1) is 0 Å². The minimum absolute atomic E-state index is 0.448. The average molecular weight is 402 g/mol. The van der Waals surface area contributed by atoms with Gasteiger partial charge in [0.05, 0.1) is 5.69 Å².